The zero-order chi connectivity index (χ0) is 26.8. The van der Waals surface area contributed by atoms with Crippen LogP contribution in [0.3, 0.4) is 0 Å². The molecule has 0 bridgehead atoms. The van der Waals surface area contributed by atoms with E-state index in [1.54, 1.807) is 11.0 Å². The number of para-hydroxylation sites is 1. The molecule has 0 saturated carbocycles. The van der Waals surface area contributed by atoms with Crippen molar-refractivity contribution in [3.8, 4) is 0 Å². The van der Waals surface area contributed by atoms with Gasteiger partial charge in [0, 0.05) is 25.0 Å². The highest BCUT2D eigenvalue weighted by Crippen LogP contribution is 2.39. The summed E-state index contributed by atoms with van der Waals surface area (Å²) in [6.45, 7) is -1.45. The number of nitrogen functional groups attached to an aromatic ring is 1. The average molecular weight is 521 g/mol. The SMILES string of the molecule is N/N=c1/ccc(C(=O)N2CCC3(CC2)C(=O)N(CC(=O)NCC(F)(F)F)CN3c2ccccc2)cn1N. The molecule has 4 rings (SSSR count). The molecule has 0 atom stereocenters. The predicted molar refractivity (Wildman–Crippen MR) is 127 cm³/mol. The van der Waals surface area contributed by atoms with E-state index in [0.717, 1.165) is 10.4 Å². The third-order valence-corrected chi connectivity index (χ3v) is 6.61. The van der Waals surface area contributed by atoms with E-state index in [4.69, 9.17) is 11.7 Å². The van der Waals surface area contributed by atoms with Crippen molar-refractivity contribution < 1.29 is 27.6 Å². The zero-order valence-corrected chi connectivity index (χ0v) is 19.8. The first-order chi connectivity index (χ1) is 17.5. The number of amides is 3. The first kappa shape index (κ1) is 25.9. The number of halogens is 3. The Morgan fingerprint density at radius 3 is 2.35 bits per heavy atom. The maximum atomic E-state index is 13.6. The lowest BCUT2D eigenvalue weighted by Crippen LogP contribution is -2.57. The number of likely N-dealkylation sites (tertiary alicyclic amines) is 1. The van der Waals surface area contributed by atoms with Gasteiger partial charge in [-0.3, -0.25) is 19.1 Å². The molecule has 1 spiro atoms. The molecular formula is C23H27F3N8O3. The minimum atomic E-state index is -4.55. The van der Waals surface area contributed by atoms with Crippen LogP contribution in [0.4, 0.5) is 18.9 Å². The lowest BCUT2D eigenvalue weighted by atomic mass is 9.85. The van der Waals surface area contributed by atoms with Gasteiger partial charge in [0.15, 0.2) is 5.49 Å². The first-order valence-electron chi connectivity index (χ1n) is 11.5. The number of hydrogen-bond donors (Lipinski definition) is 3. The van der Waals surface area contributed by atoms with Gasteiger partial charge in [0.05, 0.1) is 12.2 Å². The number of piperidine rings is 1. The van der Waals surface area contributed by atoms with Crippen LogP contribution in [0.25, 0.3) is 0 Å². The van der Waals surface area contributed by atoms with Crippen LogP contribution in [0.5, 0.6) is 0 Å². The second-order valence-corrected chi connectivity index (χ2v) is 8.94. The summed E-state index contributed by atoms with van der Waals surface area (Å²) in [7, 11) is 0. The van der Waals surface area contributed by atoms with Gasteiger partial charge in [-0.1, -0.05) is 18.2 Å². The molecule has 1 aromatic carbocycles. The molecule has 0 radical (unpaired) electrons. The number of anilines is 1. The van der Waals surface area contributed by atoms with Crippen molar-refractivity contribution in [3.05, 3.63) is 59.7 Å². The fraction of sp³-hybridized carbons (Fsp3) is 0.391. The Morgan fingerprint density at radius 1 is 1.08 bits per heavy atom. The maximum absolute atomic E-state index is 13.6. The molecule has 2 aliphatic rings. The van der Waals surface area contributed by atoms with E-state index in [1.807, 2.05) is 40.5 Å². The number of benzene rings is 1. The third-order valence-electron chi connectivity index (χ3n) is 6.61. The summed E-state index contributed by atoms with van der Waals surface area (Å²) in [5.74, 6) is 9.53. The normalized spacial score (nSPS) is 18.0. The van der Waals surface area contributed by atoms with Crippen molar-refractivity contribution in [1.29, 1.82) is 0 Å². The third kappa shape index (κ3) is 5.32. The minimum absolute atomic E-state index is 0.0352. The van der Waals surface area contributed by atoms with Gasteiger partial charge in [-0.05, 0) is 37.1 Å². The lowest BCUT2D eigenvalue weighted by Gasteiger charge is -2.43. The molecule has 11 nitrogen and oxygen atoms in total. The van der Waals surface area contributed by atoms with Gasteiger partial charge >= 0.3 is 6.18 Å². The fourth-order valence-electron chi connectivity index (χ4n) is 4.76. The number of hydrogen-bond acceptors (Lipinski definition) is 7. The summed E-state index contributed by atoms with van der Waals surface area (Å²) in [5, 5.41) is 5.32. The first-order valence-corrected chi connectivity index (χ1v) is 11.5. The van der Waals surface area contributed by atoms with Crippen LogP contribution in [0.2, 0.25) is 0 Å². The number of pyridine rings is 1. The number of alkyl halides is 3. The minimum Gasteiger partial charge on any atom is -0.345 e. The van der Waals surface area contributed by atoms with E-state index < -0.39 is 30.7 Å². The van der Waals surface area contributed by atoms with Gasteiger partial charge in [-0.15, -0.1) is 0 Å². The second-order valence-electron chi connectivity index (χ2n) is 8.94. The smallest absolute Gasteiger partial charge is 0.345 e. The van der Waals surface area contributed by atoms with E-state index in [2.05, 4.69) is 5.10 Å². The number of carbonyl (C=O) groups excluding carboxylic acids is 3. The molecular weight excluding hydrogens is 493 g/mol. The molecule has 1 aromatic heterocycles. The lowest BCUT2D eigenvalue weighted by molar-refractivity contribution is -0.142. The fourth-order valence-corrected chi connectivity index (χ4v) is 4.76. The topological polar surface area (TPSA) is 142 Å². The number of carbonyl (C=O) groups is 3. The van der Waals surface area contributed by atoms with Gasteiger partial charge in [-0.25, -0.2) is 0 Å². The summed E-state index contributed by atoms with van der Waals surface area (Å²) in [6.07, 6.45) is -2.60. The van der Waals surface area contributed by atoms with Gasteiger partial charge in [0.1, 0.15) is 18.6 Å². The van der Waals surface area contributed by atoms with Crippen molar-refractivity contribution in [1.82, 2.24) is 19.8 Å². The van der Waals surface area contributed by atoms with E-state index >= 15 is 0 Å². The molecule has 3 amide bonds. The number of nitrogens with two attached hydrogens (primary N) is 2. The summed E-state index contributed by atoms with van der Waals surface area (Å²) in [4.78, 5) is 43.6. The van der Waals surface area contributed by atoms with Crippen LogP contribution in [-0.2, 0) is 9.59 Å². The summed E-state index contributed by atoms with van der Waals surface area (Å²) in [5.41, 5.74) is 0.299. The van der Waals surface area contributed by atoms with E-state index in [0.29, 0.717) is 5.56 Å². The van der Waals surface area contributed by atoms with Crippen molar-refractivity contribution in [3.63, 3.8) is 0 Å². The molecule has 2 aliphatic heterocycles. The number of rotatable bonds is 5. The van der Waals surface area contributed by atoms with Crippen LogP contribution in [0, 0.1) is 0 Å². The Kier molecular flexibility index (Phi) is 7.01. The molecule has 0 aliphatic carbocycles. The van der Waals surface area contributed by atoms with Crippen LogP contribution >= 0.6 is 0 Å². The zero-order valence-electron chi connectivity index (χ0n) is 19.8. The average Bonchev–Trinajstić information content (AvgIpc) is 3.13. The maximum Gasteiger partial charge on any atom is 0.405 e. The van der Waals surface area contributed by atoms with Gasteiger partial charge in [0.25, 0.3) is 11.8 Å². The van der Waals surface area contributed by atoms with E-state index in [-0.39, 0.29) is 49.9 Å². The van der Waals surface area contributed by atoms with Gasteiger partial charge in [0.2, 0.25) is 5.91 Å². The van der Waals surface area contributed by atoms with Crippen molar-refractivity contribution in [2.75, 3.05) is 43.6 Å². The van der Waals surface area contributed by atoms with Crippen LogP contribution in [0.1, 0.15) is 23.2 Å². The molecule has 2 aromatic rings. The predicted octanol–water partition coefficient (Wildman–Crippen LogP) is -0.0641. The standard InChI is InChI=1S/C23H27F3N8O3/c24-23(25,26)14-29-19(35)13-32-15-33(17-4-2-1-3-5-17)22(21(32)37)8-10-31(11-9-22)20(36)16-6-7-18(30-27)34(28)12-16/h1-7,12H,8-11,13-15,27-28H2,(H,29,35)/b30-18-. The van der Waals surface area contributed by atoms with Gasteiger partial charge in [-0.2, -0.15) is 18.3 Å². The highest BCUT2D eigenvalue weighted by Gasteiger charge is 2.54. The summed E-state index contributed by atoms with van der Waals surface area (Å²) in [6, 6.07) is 12.2. The number of nitrogens with one attached hydrogen (secondary N) is 1. The van der Waals surface area contributed by atoms with Crippen LogP contribution < -0.4 is 27.4 Å². The van der Waals surface area contributed by atoms with Crippen LogP contribution in [-0.4, -0.2) is 76.8 Å². The Labute approximate surface area is 210 Å². The van der Waals surface area contributed by atoms with Crippen molar-refractivity contribution in [2.24, 2.45) is 10.9 Å². The highest BCUT2D eigenvalue weighted by molar-refractivity contribution is 5.97. The highest BCUT2D eigenvalue weighted by atomic mass is 19.4. The quantitative estimate of drug-likeness (QED) is 0.372. The second kappa shape index (κ2) is 10.0. The Hall–Kier alpha value is -4.23. The van der Waals surface area contributed by atoms with Crippen molar-refractivity contribution >= 4 is 23.4 Å². The summed E-state index contributed by atoms with van der Waals surface area (Å²) >= 11 is 0. The Morgan fingerprint density at radius 2 is 1.76 bits per heavy atom. The van der Waals surface area contributed by atoms with Crippen molar-refractivity contribution in [2.45, 2.75) is 24.6 Å². The van der Waals surface area contributed by atoms with Crippen LogP contribution in [0.15, 0.2) is 53.8 Å². The molecule has 2 fully saturated rings. The Balaban J connectivity index is 1.52. The summed E-state index contributed by atoms with van der Waals surface area (Å²) < 4.78 is 38.7. The number of aromatic nitrogens is 1. The molecule has 3 heterocycles. The van der Waals surface area contributed by atoms with E-state index in [1.165, 1.54) is 17.2 Å². The number of nitrogens with zero attached hydrogens (tertiary/aromatic N) is 5. The largest absolute Gasteiger partial charge is 0.405 e. The van der Waals surface area contributed by atoms with E-state index in [9.17, 15) is 27.6 Å². The molecule has 2 saturated heterocycles. The molecule has 198 valence electrons. The monoisotopic (exact) mass is 520 g/mol. The molecule has 5 N–H and O–H groups in total. The molecule has 14 heteroatoms. The van der Waals surface area contributed by atoms with Gasteiger partial charge < -0.3 is 31.7 Å². The Bertz CT molecular complexity index is 1240. The molecule has 37 heavy (non-hydrogen) atoms. The molecule has 0 unspecified atom stereocenters.